The van der Waals surface area contributed by atoms with E-state index in [9.17, 15) is 18.3 Å². The van der Waals surface area contributed by atoms with Gasteiger partial charge in [0.15, 0.2) is 0 Å². The number of rotatable bonds is 7. The number of hydrogen-bond donors (Lipinski definition) is 2. The lowest BCUT2D eigenvalue weighted by molar-refractivity contribution is 0.0696. The highest BCUT2D eigenvalue weighted by Gasteiger charge is 2.18. The lowest BCUT2D eigenvalue weighted by Crippen LogP contribution is -2.26. The molecule has 0 radical (unpaired) electrons. The Hall–Kier alpha value is -3.07. The monoisotopic (exact) mass is 466 g/mol. The van der Waals surface area contributed by atoms with E-state index in [1.54, 1.807) is 18.3 Å². The summed E-state index contributed by atoms with van der Waals surface area (Å²) in [4.78, 5) is 17.0. The molecule has 0 aliphatic carbocycles. The Morgan fingerprint density at radius 2 is 1.78 bits per heavy atom. The van der Waals surface area contributed by atoms with Gasteiger partial charge in [0.05, 0.1) is 16.2 Å². The van der Waals surface area contributed by atoms with Crippen LogP contribution in [-0.2, 0) is 16.4 Å². The maximum Gasteiger partial charge on any atom is 0.335 e. The third-order valence-corrected chi connectivity index (χ3v) is 7.81. The van der Waals surface area contributed by atoms with Crippen LogP contribution in [0.25, 0.3) is 21.3 Å². The van der Waals surface area contributed by atoms with Crippen LogP contribution in [0.4, 0.5) is 0 Å². The molecule has 32 heavy (non-hydrogen) atoms. The molecule has 4 rings (SSSR count). The number of fused-ring (bicyclic) bond motifs is 1. The van der Waals surface area contributed by atoms with Gasteiger partial charge in [-0.3, -0.25) is 0 Å². The fourth-order valence-electron chi connectivity index (χ4n) is 3.49. The summed E-state index contributed by atoms with van der Waals surface area (Å²) in [6, 6.07) is 18.5. The minimum Gasteiger partial charge on any atom is -0.478 e. The molecule has 1 heterocycles. The van der Waals surface area contributed by atoms with Crippen LogP contribution in [-0.4, -0.2) is 31.0 Å². The normalized spacial score (nSPS) is 11.7. The number of carboxylic acids is 1. The van der Waals surface area contributed by atoms with Gasteiger partial charge < -0.3 is 5.11 Å². The van der Waals surface area contributed by atoms with Crippen molar-refractivity contribution < 1.29 is 18.3 Å². The van der Waals surface area contributed by atoms with E-state index < -0.39 is 16.0 Å². The summed E-state index contributed by atoms with van der Waals surface area (Å²) in [5.74, 6) is -1.15. The summed E-state index contributed by atoms with van der Waals surface area (Å²) in [5.41, 5.74) is 2.36. The number of nitrogens with one attached hydrogen (secondary N) is 1. The number of aromatic nitrogens is 1. The molecule has 0 unspecified atom stereocenters. The Balaban J connectivity index is 1.48. The highest BCUT2D eigenvalue weighted by Crippen LogP contribution is 2.30. The van der Waals surface area contributed by atoms with Crippen molar-refractivity contribution in [1.82, 2.24) is 9.71 Å². The lowest BCUT2D eigenvalue weighted by atomic mass is 10.1. The van der Waals surface area contributed by atoms with Crippen molar-refractivity contribution in [2.24, 2.45) is 0 Å². The van der Waals surface area contributed by atoms with E-state index in [4.69, 9.17) is 4.98 Å². The van der Waals surface area contributed by atoms with E-state index in [0.29, 0.717) is 12.0 Å². The second-order valence-electron chi connectivity index (χ2n) is 7.51. The van der Waals surface area contributed by atoms with Crippen LogP contribution in [0.5, 0.6) is 0 Å². The summed E-state index contributed by atoms with van der Waals surface area (Å²) < 4.78 is 27.8. The van der Waals surface area contributed by atoms with Gasteiger partial charge in [-0.05, 0) is 48.4 Å². The first-order valence-corrected chi connectivity index (χ1v) is 12.3. The summed E-state index contributed by atoms with van der Waals surface area (Å²) in [5, 5.41) is 12.5. The SMILES string of the molecule is Cc1ccc(S(=O)(=O)NCCc2nc(-c3ccc4ccccc4c3)sc2C)cc1C(=O)O. The Morgan fingerprint density at radius 1 is 1.03 bits per heavy atom. The number of aromatic carboxylic acids is 1. The highest BCUT2D eigenvalue weighted by molar-refractivity contribution is 7.89. The second kappa shape index (κ2) is 8.82. The Kier molecular flexibility index (Phi) is 6.10. The number of hydrogen-bond acceptors (Lipinski definition) is 5. The van der Waals surface area contributed by atoms with E-state index in [0.717, 1.165) is 26.5 Å². The molecule has 2 N–H and O–H groups in total. The molecule has 0 aliphatic heterocycles. The number of aryl methyl sites for hydroxylation is 2. The summed E-state index contributed by atoms with van der Waals surface area (Å²) >= 11 is 1.58. The van der Waals surface area contributed by atoms with Crippen LogP contribution in [0.1, 0.15) is 26.5 Å². The number of carbonyl (C=O) groups is 1. The van der Waals surface area contributed by atoms with Crippen molar-refractivity contribution in [3.8, 4) is 10.6 Å². The topological polar surface area (TPSA) is 96.4 Å². The number of thiazole rings is 1. The number of sulfonamides is 1. The third kappa shape index (κ3) is 4.57. The van der Waals surface area contributed by atoms with Crippen LogP contribution in [0.15, 0.2) is 65.6 Å². The first-order valence-electron chi connectivity index (χ1n) is 10.0. The van der Waals surface area contributed by atoms with Crippen molar-refractivity contribution in [2.45, 2.75) is 25.2 Å². The molecule has 4 aromatic rings. The lowest BCUT2D eigenvalue weighted by Gasteiger charge is -2.08. The predicted molar refractivity (Wildman–Crippen MR) is 127 cm³/mol. The number of nitrogens with zero attached hydrogens (tertiary/aromatic N) is 1. The van der Waals surface area contributed by atoms with Crippen molar-refractivity contribution in [3.63, 3.8) is 0 Å². The van der Waals surface area contributed by atoms with E-state index in [2.05, 4.69) is 29.0 Å². The van der Waals surface area contributed by atoms with Gasteiger partial charge in [-0.15, -0.1) is 11.3 Å². The maximum absolute atomic E-state index is 12.6. The predicted octanol–water partition coefficient (Wildman–Crippen LogP) is 4.80. The van der Waals surface area contributed by atoms with Gasteiger partial charge in [0, 0.05) is 23.4 Å². The van der Waals surface area contributed by atoms with Crippen LogP contribution in [0.3, 0.4) is 0 Å². The van der Waals surface area contributed by atoms with Gasteiger partial charge in [-0.1, -0.05) is 42.5 Å². The molecule has 0 saturated carbocycles. The maximum atomic E-state index is 12.6. The van der Waals surface area contributed by atoms with Crippen LogP contribution >= 0.6 is 11.3 Å². The largest absolute Gasteiger partial charge is 0.478 e. The average molecular weight is 467 g/mol. The second-order valence-corrected chi connectivity index (χ2v) is 10.5. The number of benzene rings is 3. The molecule has 0 atom stereocenters. The smallest absolute Gasteiger partial charge is 0.335 e. The average Bonchev–Trinajstić information content (AvgIpc) is 3.13. The van der Waals surface area contributed by atoms with Crippen molar-refractivity contribution in [1.29, 1.82) is 0 Å². The zero-order valence-corrected chi connectivity index (χ0v) is 19.3. The van der Waals surface area contributed by atoms with E-state index in [1.165, 1.54) is 23.6 Å². The highest BCUT2D eigenvalue weighted by atomic mass is 32.2. The van der Waals surface area contributed by atoms with E-state index in [-0.39, 0.29) is 17.0 Å². The van der Waals surface area contributed by atoms with Crippen molar-refractivity contribution in [3.05, 3.63) is 82.4 Å². The Morgan fingerprint density at radius 3 is 2.53 bits per heavy atom. The molecular weight excluding hydrogens is 444 g/mol. The van der Waals surface area contributed by atoms with Crippen LogP contribution in [0.2, 0.25) is 0 Å². The molecule has 1 aromatic heterocycles. The summed E-state index contributed by atoms with van der Waals surface area (Å²) in [6.07, 6.45) is 0.437. The molecule has 0 saturated heterocycles. The van der Waals surface area contributed by atoms with E-state index in [1.807, 2.05) is 25.1 Å². The first-order chi connectivity index (χ1) is 15.2. The van der Waals surface area contributed by atoms with Gasteiger partial charge in [0.2, 0.25) is 10.0 Å². The van der Waals surface area contributed by atoms with Gasteiger partial charge in [0.25, 0.3) is 0 Å². The van der Waals surface area contributed by atoms with Gasteiger partial charge in [-0.2, -0.15) is 0 Å². The van der Waals surface area contributed by atoms with Gasteiger partial charge in [-0.25, -0.2) is 22.9 Å². The summed E-state index contributed by atoms with van der Waals surface area (Å²) in [6.45, 7) is 3.77. The molecular formula is C24H22N2O4S2. The van der Waals surface area contributed by atoms with E-state index >= 15 is 0 Å². The van der Waals surface area contributed by atoms with Gasteiger partial charge in [0.1, 0.15) is 5.01 Å². The minimum absolute atomic E-state index is 0.0248. The minimum atomic E-state index is -3.82. The third-order valence-electron chi connectivity index (χ3n) is 5.29. The number of carboxylic acid groups (broad SMARTS) is 1. The molecule has 0 spiro atoms. The van der Waals surface area contributed by atoms with Crippen LogP contribution in [0, 0.1) is 13.8 Å². The molecule has 0 bridgehead atoms. The zero-order chi connectivity index (χ0) is 22.9. The quantitative estimate of drug-likeness (QED) is 0.408. The van der Waals surface area contributed by atoms with Crippen molar-refractivity contribution >= 4 is 38.1 Å². The molecule has 3 aromatic carbocycles. The molecule has 6 nitrogen and oxygen atoms in total. The molecule has 0 aliphatic rings. The van der Waals surface area contributed by atoms with Crippen LogP contribution < -0.4 is 4.72 Å². The van der Waals surface area contributed by atoms with Crippen molar-refractivity contribution in [2.75, 3.05) is 6.54 Å². The van der Waals surface area contributed by atoms with Gasteiger partial charge >= 0.3 is 5.97 Å². The fourth-order valence-corrected chi connectivity index (χ4v) is 5.51. The zero-order valence-electron chi connectivity index (χ0n) is 17.6. The summed E-state index contributed by atoms with van der Waals surface area (Å²) in [7, 11) is -3.82. The molecule has 0 amide bonds. The molecule has 164 valence electrons. The fraction of sp³-hybridized carbons (Fsp3) is 0.167. The first kappa shape index (κ1) is 22.1. The molecule has 8 heteroatoms. The molecule has 0 fully saturated rings. The Bertz CT molecular complexity index is 1430. The Labute approximate surface area is 190 Å². The standard InChI is InChI=1S/C24H22N2O4S2/c1-15-7-10-20(14-21(15)24(27)28)32(29,30)25-12-11-22-16(2)31-23(26-22)19-9-8-17-5-3-4-6-18(17)13-19/h3-10,13-14,25H,11-12H2,1-2H3,(H,27,28).